The van der Waals surface area contributed by atoms with Crippen LogP contribution in [0.25, 0.3) is 11.0 Å². The van der Waals surface area contributed by atoms with Crippen LogP contribution in [0, 0.1) is 12.3 Å². The first-order valence-electron chi connectivity index (χ1n) is 13.6. The van der Waals surface area contributed by atoms with Gasteiger partial charge in [-0.1, -0.05) is 24.7 Å². The minimum atomic E-state index is -0.616. The van der Waals surface area contributed by atoms with Crippen LogP contribution >= 0.6 is 0 Å². The van der Waals surface area contributed by atoms with E-state index in [1.54, 1.807) is 12.1 Å². The summed E-state index contributed by atoms with van der Waals surface area (Å²) >= 11 is 0. The Balaban J connectivity index is 1.60. The molecule has 42 heavy (non-hydrogen) atoms. The maximum atomic E-state index is 13.8. The Labute approximate surface area is 246 Å². The zero-order valence-electron chi connectivity index (χ0n) is 25.3. The zero-order chi connectivity index (χ0) is 30.8. The number of nitrogens with zero attached hydrogens (tertiary/aromatic N) is 6. The van der Waals surface area contributed by atoms with Crippen molar-refractivity contribution in [2.45, 2.75) is 38.9 Å². The third kappa shape index (κ3) is 5.94. The van der Waals surface area contributed by atoms with E-state index in [1.807, 2.05) is 92.3 Å². The highest BCUT2D eigenvalue weighted by Gasteiger charge is 2.45. The van der Waals surface area contributed by atoms with Gasteiger partial charge in [0.15, 0.2) is 5.82 Å². The number of fused-ring (bicyclic) bond motifs is 2. The topological polar surface area (TPSA) is 112 Å². The molecule has 0 fully saturated rings. The zero-order valence-corrected chi connectivity index (χ0v) is 25.3. The SMILES string of the molecule is C#C/C=C\C=C(/C)[C@@H](CN(C)C)NC(=O)N1Cc2c(Nc3nc4ccc(NC(=O)C=C)cc4n3C)nn(C)c2C1(C)C. The molecule has 3 aromatic rings. The molecule has 1 aliphatic heterocycles. The van der Waals surface area contributed by atoms with E-state index < -0.39 is 5.54 Å². The molecule has 0 saturated carbocycles. The van der Waals surface area contributed by atoms with Crippen molar-refractivity contribution in [3.8, 4) is 12.3 Å². The molecule has 11 heteroatoms. The summed E-state index contributed by atoms with van der Waals surface area (Å²) in [5, 5.41) is 14.1. The minimum absolute atomic E-state index is 0.167. The Bertz CT molecular complexity index is 1630. The van der Waals surface area contributed by atoms with Crippen molar-refractivity contribution in [1.29, 1.82) is 0 Å². The van der Waals surface area contributed by atoms with Gasteiger partial charge in [-0.25, -0.2) is 9.78 Å². The molecule has 220 valence electrons. The highest BCUT2D eigenvalue weighted by molar-refractivity contribution is 6.00. The molecule has 0 radical (unpaired) electrons. The molecule has 1 atom stereocenters. The Kier molecular flexibility index (Phi) is 8.59. The van der Waals surface area contributed by atoms with Crippen LogP contribution in [0.2, 0.25) is 0 Å². The second kappa shape index (κ2) is 12.0. The number of benzene rings is 1. The maximum absolute atomic E-state index is 13.8. The molecule has 3 N–H and O–H groups in total. The smallest absolute Gasteiger partial charge is 0.318 e. The Morgan fingerprint density at radius 1 is 1.29 bits per heavy atom. The van der Waals surface area contributed by atoms with Crippen molar-refractivity contribution < 1.29 is 9.59 Å². The summed E-state index contributed by atoms with van der Waals surface area (Å²) in [5.74, 6) is 3.43. The van der Waals surface area contributed by atoms with Crippen molar-refractivity contribution in [2.24, 2.45) is 14.1 Å². The lowest BCUT2D eigenvalue weighted by molar-refractivity contribution is -0.111. The molecule has 0 unspecified atom stereocenters. The van der Waals surface area contributed by atoms with Crippen molar-refractivity contribution in [3.63, 3.8) is 0 Å². The number of imidazole rings is 1. The highest BCUT2D eigenvalue weighted by Crippen LogP contribution is 2.42. The van der Waals surface area contributed by atoms with Gasteiger partial charge in [-0.2, -0.15) is 5.10 Å². The van der Waals surface area contributed by atoms with E-state index in [0.717, 1.165) is 27.9 Å². The number of aryl methyl sites for hydroxylation is 2. The fourth-order valence-electron chi connectivity index (χ4n) is 5.34. The van der Waals surface area contributed by atoms with Gasteiger partial charge in [0.2, 0.25) is 11.9 Å². The van der Waals surface area contributed by atoms with E-state index in [1.165, 1.54) is 6.08 Å². The van der Waals surface area contributed by atoms with Crippen LogP contribution in [0.15, 0.2) is 54.7 Å². The summed E-state index contributed by atoms with van der Waals surface area (Å²) in [5.41, 5.74) is 4.50. The van der Waals surface area contributed by atoms with Crippen LogP contribution in [0.1, 0.15) is 32.0 Å². The van der Waals surface area contributed by atoms with E-state index >= 15 is 0 Å². The first kappa shape index (κ1) is 30.1. The number of aromatic nitrogens is 4. The molecule has 11 nitrogen and oxygen atoms in total. The van der Waals surface area contributed by atoms with Gasteiger partial charge in [0.1, 0.15) is 0 Å². The van der Waals surface area contributed by atoms with Gasteiger partial charge in [-0.15, -0.1) is 6.42 Å². The van der Waals surface area contributed by atoms with Crippen molar-refractivity contribution in [3.05, 3.63) is 65.9 Å². The fourth-order valence-corrected chi connectivity index (χ4v) is 5.34. The molecule has 0 saturated heterocycles. The molecule has 4 rings (SSSR count). The summed E-state index contributed by atoms with van der Waals surface area (Å²) in [6.45, 7) is 10.5. The molecule has 0 aliphatic carbocycles. The number of likely N-dealkylation sites (N-methyl/N-ethyl adjacent to an activating group) is 1. The Morgan fingerprint density at radius 2 is 2.02 bits per heavy atom. The maximum Gasteiger partial charge on any atom is 0.318 e. The second-order valence-electron chi connectivity index (χ2n) is 11.2. The largest absolute Gasteiger partial charge is 0.330 e. The number of urea groups is 1. The van der Waals surface area contributed by atoms with Gasteiger partial charge in [0, 0.05) is 31.9 Å². The van der Waals surface area contributed by atoms with Crippen LogP contribution in [0.4, 0.5) is 22.2 Å². The normalized spacial score (nSPS) is 15.1. The highest BCUT2D eigenvalue weighted by atomic mass is 16.2. The van der Waals surface area contributed by atoms with Gasteiger partial charge in [-0.05, 0) is 70.8 Å². The fraction of sp³-hybridized carbons (Fsp3) is 0.355. The quantitative estimate of drug-likeness (QED) is 0.204. The molecule has 1 aliphatic rings. The van der Waals surface area contributed by atoms with E-state index in [9.17, 15) is 9.59 Å². The predicted octanol–water partition coefficient (Wildman–Crippen LogP) is 4.00. The molecular weight excluding hydrogens is 530 g/mol. The number of anilines is 3. The van der Waals surface area contributed by atoms with Crippen LogP contribution in [0.5, 0.6) is 0 Å². The van der Waals surface area contributed by atoms with Crippen LogP contribution in [-0.2, 0) is 31.0 Å². The summed E-state index contributed by atoms with van der Waals surface area (Å²) in [4.78, 5) is 34.1. The minimum Gasteiger partial charge on any atom is -0.330 e. The lowest BCUT2D eigenvalue weighted by Crippen LogP contribution is -2.52. The van der Waals surface area contributed by atoms with Gasteiger partial charge in [-0.3, -0.25) is 9.48 Å². The van der Waals surface area contributed by atoms with E-state index in [0.29, 0.717) is 30.5 Å². The lowest BCUT2D eigenvalue weighted by Gasteiger charge is -2.34. The van der Waals surface area contributed by atoms with Crippen molar-refractivity contribution in [1.82, 2.24) is 34.4 Å². The Hall–Kier alpha value is -4.82. The average molecular weight is 570 g/mol. The third-order valence-corrected chi connectivity index (χ3v) is 7.47. The molecule has 3 heterocycles. The van der Waals surface area contributed by atoms with Gasteiger partial charge in [0.05, 0.1) is 34.9 Å². The molecular formula is C31H39N9O2. The summed E-state index contributed by atoms with van der Waals surface area (Å²) in [6.07, 6.45) is 11.9. The summed E-state index contributed by atoms with van der Waals surface area (Å²) in [7, 11) is 7.73. The van der Waals surface area contributed by atoms with Crippen LogP contribution in [-0.4, -0.2) is 67.8 Å². The number of hydrogen-bond acceptors (Lipinski definition) is 6. The first-order chi connectivity index (χ1) is 19.9. The van der Waals surface area contributed by atoms with E-state index in [4.69, 9.17) is 16.5 Å². The number of terminal acetylenes is 1. The number of nitrogens with one attached hydrogen (secondary N) is 3. The van der Waals surface area contributed by atoms with E-state index in [-0.39, 0.29) is 18.0 Å². The molecule has 1 aromatic carbocycles. The van der Waals surface area contributed by atoms with Gasteiger partial charge in [0.25, 0.3) is 0 Å². The van der Waals surface area contributed by atoms with Crippen LogP contribution in [0.3, 0.4) is 0 Å². The third-order valence-electron chi connectivity index (χ3n) is 7.47. The number of carbonyl (C=O) groups is 2. The van der Waals surface area contributed by atoms with Crippen molar-refractivity contribution in [2.75, 3.05) is 31.3 Å². The summed E-state index contributed by atoms with van der Waals surface area (Å²) < 4.78 is 3.73. The Morgan fingerprint density at radius 3 is 2.69 bits per heavy atom. The molecule has 3 amide bonds. The summed E-state index contributed by atoms with van der Waals surface area (Å²) in [6, 6.07) is 5.13. The molecule has 0 bridgehead atoms. The van der Waals surface area contributed by atoms with Gasteiger partial charge >= 0.3 is 6.03 Å². The lowest BCUT2D eigenvalue weighted by atomic mass is 10.0. The molecule has 0 spiro atoms. The number of carbonyl (C=O) groups excluding carboxylic acids is 2. The predicted molar refractivity (Wildman–Crippen MR) is 167 cm³/mol. The van der Waals surface area contributed by atoms with Gasteiger partial charge < -0.3 is 30.3 Å². The first-order valence-corrected chi connectivity index (χ1v) is 13.6. The van der Waals surface area contributed by atoms with Crippen molar-refractivity contribution >= 4 is 40.4 Å². The monoisotopic (exact) mass is 569 g/mol. The number of hydrogen-bond donors (Lipinski definition) is 3. The average Bonchev–Trinajstić information content (AvgIpc) is 3.52. The second-order valence-corrected chi connectivity index (χ2v) is 11.2. The number of allylic oxidation sites excluding steroid dienone is 3. The van der Waals surface area contributed by atoms with Crippen LogP contribution < -0.4 is 16.0 Å². The number of amides is 3. The number of rotatable bonds is 9. The van der Waals surface area contributed by atoms with E-state index in [2.05, 4.69) is 28.4 Å². The molecule has 2 aromatic heterocycles. The standard InChI is InChI=1S/C31H39N9O2/c1-10-12-13-14-20(3)24(19-37(6)7)34-30(42)40-18-22-27(31(40,4)5)39(9)36-28(22)35-29-33-23-16-15-21(32-26(41)11-2)17-25(23)38(29)8/h1,11-17,24H,2,18-19H2,3-9H3,(H,32,41)(H,34,42)(H,33,35,36)/b13-12-,20-14+/t24-/m1/s1.